The second kappa shape index (κ2) is 9.40. The van der Waals surface area contributed by atoms with Gasteiger partial charge in [-0.1, -0.05) is 33.6 Å². The van der Waals surface area contributed by atoms with Crippen LogP contribution in [0.2, 0.25) is 5.02 Å². The number of rotatable bonds is 3. The maximum Gasteiger partial charge on any atom is 0.253 e. The van der Waals surface area contributed by atoms with Gasteiger partial charge in [0.25, 0.3) is 5.91 Å². The molecular formula is C23H25BrClN3O2. The molecule has 7 heteroatoms. The van der Waals surface area contributed by atoms with Crippen molar-refractivity contribution in [1.29, 1.82) is 0 Å². The highest BCUT2D eigenvalue weighted by Crippen LogP contribution is 2.24. The lowest BCUT2D eigenvalue weighted by Gasteiger charge is -2.39. The summed E-state index contributed by atoms with van der Waals surface area (Å²) in [6.07, 6.45) is 1.46. The minimum absolute atomic E-state index is 0.0108. The fourth-order valence-corrected chi connectivity index (χ4v) is 4.67. The van der Waals surface area contributed by atoms with Crippen molar-refractivity contribution in [2.45, 2.75) is 12.8 Å². The lowest BCUT2D eigenvalue weighted by Crippen LogP contribution is -2.52. The van der Waals surface area contributed by atoms with Crippen LogP contribution in [0.25, 0.3) is 0 Å². The van der Waals surface area contributed by atoms with Crippen LogP contribution < -0.4 is 4.90 Å². The number of carbonyl (C=O) groups is 2. The zero-order chi connectivity index (χ0) is 21.1. The van der Waals surface area contributed by atoms with Gasteiger partial charge in [0.1, 0.15) is 0 Å². The van der Waals surface area contributed by atoms with E-state index in [9.17, 15) is 9.59 Å². The van der Waals surface area contributed by atoms with Crippen LogP contribution in [-0.2, 0) is 4.79 Å². The van der Waals surface area contributed by atoms with Gasteiger partial charge in [-0.2, -0.15) is 0 Å². The van der Waals surface area contributed by atoms with E-state index in [2.05, 4.69) is 26.9 Å². The molecule has 2 aromatic rings. The van der Waals surface area contributed by atoms with Crippen LogP contribution in [-0.4, -0.2) is 60.9 Å². The zero-order valence-electron chi connectivity index (χ0n) is 16.8. The number of benzene rings is 2. The summed E-state index contributed by atoms with van der Waals surface area (Å²) in [5.74, 6) is 0.289. The molecule has 2 aliphatic rings. The average Bonchev–Trinajstić information content (AvgIpc) is 2.79. The van der Waals surface area contributed by atoms with E-state index in [1.807, 2.05) is 52.3 Å². The van der Waals surface area contributed by atoms with E-state index < -0.39 is 0 Å². The summed E-state index contributed by atoms with van der Waals surface area (Å²) in [6, 6.07) is 15.3. The minimum Gasteiger partial charge on any atom is -0.368 e. The van der Waals surface area contributed by atoms with Crippen molar-refractivity contribution in [2.24, 2.45) is 5.92 Å². The van der Waals surface area contributed by atoms with Crippen molar-refractivity contribution in [3.8, 4) is 0 Å². The van der Waals surface area contributed by atoms with Gasteiger partial charge in [0.15, 0.2) is 0 Å². The lowest BCUT2D eigenvalue weighted by atomic mass is 9.94. The molecule has 2 aromatic carbocycles. The van der Waals surface area contributed by atoms with Crippen LogP contribution in [0, 0.1) is 5.92 Å². The molecule has 2 heterocycles. The lowest BCUT2D eigenvalue weighted by molar-refractivity contribution is -0.137. The quantitative estimate of drug-likeness (QED) is 0.644. The normalized spacial score (nSPS) is 17.9. The Hall–Kier alpha value is -2.05. The molecule has 0 spiro atoms. The number of amides is 2. The predicted octanol–water partition coefficient (Wildman–Crippen LogP) is 4.30. The molecule has 0 N–H and O–H groups in total. The van der Waals surface area contributed by atoms with E-state index in [-0.39, 0.29) is 17.7 Å². The summed E-state index contributed by atoms with van der Waals surface area (Å²) in [5, 5.41) is 0.732. The van der Waals surface area contributed by atoms with Gasteiger partial charge in [-0.3, -0.25) is 9.59 Å². The van der Waals surface area contributed by atoms with E-state index >= 15 is 0 Å². The number of piperazine rings is 1. The maximum atomic E-state index is 13.0. The molecule has 0 saturated carbocycles. The summed E-state index contributed by atoms with van der Waals surface area (Å²) in [4.78, 5) is 31.8. The van der Waals surface area contributed by atoms with Crippen molar-refractivity contribution >= 4 is 45.0 Å². The Balaban J connectivity index is 1.27. The molecule has 0 aromatic heterocycles. The van der Waals surface area contributed by atoms with E-state index in [1.54, 1.807) is 0 Å². The van der Waals surface area contributed by atoms with Gasteiger partial charge in [-0.25, -0.2) is 0 Å². The standard InChI is InChI=1S/C23H25BrClN3O2/c24-19-6-4-17(5-7-19)22(29)27-10-8-18(9-11-27)23(30)28-14-12-26(13-15-28)21-3-1-2-20(25)16-21/h1-7,16,18H,8-15H2. The molecule has 0 bridgehead atoms. The van der Waals surface area contributed by atoms with Crippen molar-refractivity contribution < 1.29 is 9.59 Å². The Morgan fingerprint density at radius 2 is 1.53 bits per heavy atom. The molecule has 2 amide bonds. The Kier molecular flexibility index (Phi) is 6.64. The molecule has 0 atom stereocenters. The fraction of sp³-hybridized carbons (Fsp3) is 0.391. The molecule has 2 saturated heterocycles. The Bertz CT molecular complexity index is 905. The molecule has 5 nitrogen and oxygen atoms in total. The number of carbonyl (C=O) groups excluding carboxylic acids is 2. The SMILES string of the molecule is O=C(c1ccc(Br)cc1)N1CCC(C(=O)N2CCN(c3cccc(Cl)c3)CC2)CC1. The molecule has 0 radical (unpaired) electrons. The van der Waals surface area contributed by atoms with Crippen LogP contribution in [0.15, 0.2) is 53.0 Å². The Morgan fingerprint density at radius 3 is 2.17 bits per heavy atom. The second-order valence-electron chi connectivity index (χ2n) is 7.87. The first kappa shape index (κ1) is 21.2. The summed E-state index contributed by atoms with van der Waals surface area (Å²) >= 11 is 9.50. The van der Waals surface area contributed by atoms with Gasteiger partial charge in [0, 0.05) is 65.9 Å². The highest BCUT2D eigenvalue weighted by Gasteiger charge is 2.32. The van der Waals surface area contributed by atoms with E-state index in [0.29, 0.717) is 18.7 Å². The van der Waals surface area contributed by atoms with Crippen LogP contribution >= 0.6 is 27.5 Å². The maximum absolute atomic E-state index is 13.0. The first-order chi connectivity index (χ1) is 14.5. The number of piperidine rings is 1. The third kappa shape index (κ3) is 4.81. The first-order valence-electron chi connectivity index (χ1n) is 10.4. The highest BCUT2D eigenvalue weighted by atomic mass is 79.9. The van der Waals surface area contributed by atoms with E-state index in [1.165, 1.54) is 0 Å². The van der Waals surface area contributed by atoms with Crippen molar-refractivity contribution in [3.05, 3.63) is 63.6 Å². The van der Waals surface area contributed by atoms with Crippen molar-refractivity contribution in [2.75, 3.05) is 44.2 Å². The van der Waals surface area contributed by atoms with Gasteiger partial charge in [-0.15, -0.1) is 0 Å². The highest BCUT2D eigenvalue weighted by molar-refractivity contribution is 9.10. The molecular weight excluding hydrogens is 466 g/mol. The fourth-order valence-electron chi connectivity index (χ4n) is 4.22. The molecule has 2 fully saturated rings. The van der Waals surface area contributed by atoms with Gasteiger partial charge >= 0.3 is 0 Å². The number of halogens is 2. The Morgan fingerprint density at radius 1 is 0.867 bits per heavy atom. The van der Waals surface area contributed by atoms with Crippen LogP contribution in [0.4, 0.5) is 5.69 Å². The average molecular weight is 491 g/mol. The van der Waals surface area contributed by atoms with Crippen LogP contribution in [0.5, 0.6) is 0 Å². The summed E-state index contributed by atoms with van der Waals surface area (Å²) in [5.41, 5.74) is 1.80. The largest absolute Gasteiger partial charge is 0.368 e. The van der Waals surface area contributed by atoms with E-state index in [0.717, 1.165) is 54.2 Å². The van der Waals surface area contributed by atoms with Gasteiger partial charge in [-0.05, 0) is 55.3 Å². The summed E-state index contributed by atoms with van der Waals surface area (Å²) in [7, 11) is 0. The molecule has 158 valence electrons. The van der Waals surface area contributed by atoms with Crippen LogP contribution in [0.3, 0.4) is 0 Å². The number of hydrogen-bond acceptors (Lipinski definition) is 3. The molecule has 4 rings (SSSR count). The predicted molar refractivity (Wildman–Crippen MR) is 123 cm³/mol. The smallest absolute Gasteiger partial charge is 0.253 e. The first-order valence-corrected chi connectivity index (χ1v) is 11.5. The van der Waals surface area contributed by atoms with Crippen molar-refractivity contribution in [3.63, 3.8) is 0 Å². The number of hydrogen-bond donors (Lipinski definition) is 0. The number of likely N-dealkylation sites (tertiary alicyclic amines) is 1. The summed E-state index contributed by atoms with van der Waals surface area (Å²) < 4.78 is 0.957. The van der Waals surface area contributed by atoms with Gasteiger partial charge < -0.3 is 14.7 Å². The molecule has 2 aliphatic heterocycles. The van der Waals surface area contributed by atoms with Crippen molar-refractivity contribution in [1.82, 2.24) is 9.80 Å². The monoisotopic (exact) mass is 489 g/mol. The zero-order valence-corrected chi connectivity index (χ0v) is 19.1. The number of nitrogens with zero attached hydrogens (tertiary/aromatic N) is 3. The number of anilines is 1. The van der Waals surface area contributed by atoms with Gasteiger partial charge in [0.05, 0.1) is 0 Å². The topological polar surface area (TPSA) is 43.9 Å². The second-order valence-corrected chi connectivity index (χ2v) is 9.22. The summed E-state index contributed by atoms with van der Waals surface area (Å²) in [6.45, 7) is 4.34. The Labute approximate surface area is 190 Å². The minimum atomic E-state index is 0.0108. The van der Waals surface area contributed by atoms with E-state index in [4.69, 9.17) is 11.6 Å². The molecule has 30 heavy (non-hydrogen) atoms. The third-order valence-corrected chi connectivity index (χ3v) is 6.75. The molecule has 0 unspecified atom stereocenters. The molecule has 0 aliphatic carbocycles. The van der Waals surface area contributed by atoms with Crippen LogP contribution in [0.1, 0.15) is 23.2 Å². The van der Waals surface area contributed by atoms with Gasteiger partial charge in [0.2, 0.25) is 5.91 Å². The third-order valence-electron chi connectivity index (χ3n) is 5.99.